The second-order valence-electron chi connectivity index (χ2n) is 16.1. The zero-order chi connectivity index (χ0) is 39.1. The van der Waals surface area contributed by atoms with Crippen molar-refractivity contribution >= 4 is 17.5 Å². The van der Waals surface area contributed by atoms with Gasteiger partial charge in [-0.25, -0.2) is 0 Å². The van der Waals surface area contributed by atoms with E-state index < -0.39 is 77.3 Å². The van der Waals surface area contributed by atoms with Gasteiger partial charge in [-0.1, -0.05) is 32.9 Å². The average Bonchev–Trinajstić information content (AvgIpc) is 3.11. The fraction of sp³-hybridized carbons (Fsp3) is 0.872. The Labute approximate surface area is 311 Å². The van der Waals surface area contributed by atoms with Crippen molar-refractivity contribution < 1.29 is 48.7 Å². The maximum Gasteiger partial charge on any atom is 0.316 e. The van der Waals surface area contributed by atoms with Crippen molar-refractivity contribution in [2.45, 2.75) is 173 Å². The molecule has 2 saturated heterocycles. The van der Waals surface area contributed by atoms with Gasteiger partial charge in [-0.05, 0) is 79.7 Å². The number of aliphatic hydroxyl groups excluding tert-OH is 2. The normalized spacial score (nSPS) is 43.8. The van der Waals surface area contributed by atoms with E-state index in [1.54, 1.807) is 20.8 Å². The average molecular weight is 738 g/mol. The second kappa shape index (κ2) is 18.9. The third kappa shape index (κ3) is 10.3. The number of hydrogen-bond donors (Lipinski definition) is 4. The van der Waals surface area contributed by atoms with Crippen molar-refractivity contribution in [2.24, 2.45) is 34.6 Å². The highest BCUT2D eigenvalue weighted by Gasteiger charge is 2.52. The Hall–Kier alpha value is -2.15. The minimum Gasteiger partial charge on any atom is -0.459 e. The van der Waals surface area contributed by atoms with Crippen molar-refractivity contribution in [1.29, 1.82) is 0 Å². The van der Waals surface area contributed by atoms with Crippen molar-refractivity contribution in [2.75, 3.05) is 20.7 Å². The van der Waals surface area contributed by atoms with E-state index in [1.165, 1.54) is 21.0 Å². The maximum atomic E-state index is 14.2. The van der Waals surface area contributed by atoms with E-state index in [0.29, 0.717) is 25.1 Å². The van der Waals surface area contributed by atoms with Crippen LogP contribution in [0.15, 0.2) is 5.16 Å². The molecule has 2 aliphatic heterocycles. The van der Waals surface area contributed by atoms with Gasteiger partial charge in [0.15, 0.2) is 12.1 Å². The van der Waals surface area contributed by atoms with Crippen LogP contribution in [0.2, 0.25) is 0 Å². The number of oxime groups is 1. The number of rotatable bonds is 9. The van der Waals surface area contributed by atoms with Crippen LogP contribution in [0.4, 0.5) is 0 Å². The Morgan fingerprint density at radius 2 is 1.71 bits per heavy atom. The Morgan fingerprint density at radius 3 is 2.29 bits per heavy atom. The predicted molar refractivity (Wildman–Crippen MR) is 197 cm³/mol. The monoisotopic (exact) mass is 737 g/mol. The van der Waals surface area contributed by atoms with E-state index in [1.807, 2.05) is 32.7 Å². The number of likely N-dealkylation sites (N-methyl/N-ethyl adjacent to an activating group) is 1. The highest BCUT2D eigenvalue weighted by Crippen LogP contribution is 2.39. The largest absolute Gasteiger partial charge is 0.459 e. The van der Waals surface area contributed by atoms with Crippen LogP contribution in [-0.4, -0.2) is 125 Å². The first-order chi connectivity index (χ1) is 24.3. The molecule has 3 fully saturated rings. The van der Waals surface area contributed by atoms with E-state index in [4.69, 9.17) is 35.9 Å². The predicted octanol–water partition coefficient (Wildman–Crippen LogP) is 3.19. The topological polar surface area (TPSA) is 183 Å². The third-order valence-electron chi connectivity index (χ3n) is 11.9. The molecular formula is C39H67N3O10. The number of ether oxygens (including phenoxy) is 4. The van der Waals surface area contributed by atoms with Gasteiger partial charge in [-0.3, -0.25) is 14.5 Å². The first kappa shape index (κ1) is 44.2. The molecule has 5 N–H and O–H groups in total. The number of hydrogen-bond acceptors (Lipinski definition) is 13. The SMILES string of the molecule is C#CCCN(C)[C@H]1C[C@@H](C)O[C@@H](O[C@@H]2[C@@H](C)C(=O)[C@@H](C)C(=O)O[C@H](CC)[C@@](C)(O)[C@H](O)[C@@H](C)C(=NOC3CCC(N)CC3)[C@H](C)C[C@@]2(C)OC)[C@@H]1O. The summed E-state index contributed by atoms with van der Waals surface area (Å²) in [6.45, 7) is 14.3. The number of esters is 1. The van der Waals surface area contributed by atoms with E-state index in [-0.39, 0.29) is 37.1 Å². The highest BCUT2D eigenvalue weighted by molar-refractivity contribution is 6.00. The molecule has 0 aromatic heterocycles. The van der Waals surface area contributed by atoms with Gasteiger partial charge in [0, 0.05) is 49.9 Å². The Kier molecular flexibility index (Phi) is 16.1. The van der Waals surface area contributed by atoms with E-state index in [9.17, 15) is 24.9 Å². The van der Waals surface area contributed by atoms with Gasteiger partial charge in [-0.15, -0.1) is 12.3 Å². The molecular weight excluding hydrogens is 670 g/mol. The van der Waals surface area contributed by atoms with Gasteiger partial charge < -0.3 is 44.8 Å². The summed E-state index contributed by atoms with van der Waals surface area (Å²) < 4.78 is 24.9. The number of carbonyl (C=O) groups excluding carboxylic acids is 2. The first-order valence-electron chi connectivity index (χ1n) is 19.1. The molecule has 0 radical (unpaired) electrons. The molecule has 0 aromatic rings. The van der Waals surface area contributed by atoms with E-state index >= 15 is 0 Å². The lowest BCUT2D eigenvalue weighted by molar-refractivity contribution is -0.295. The van der Waals surface area contributed by atoms with E-state index in [2.05, 4.69) is 11.1 Å². The molecule has 52 heavy (non-hydrogen) atoms. The molecule has 13 nitrogen and oxygen atoms in total. The van der Waals surface area contributed by atoms with Gasteiger partial charge in [0.25, 0.3) is 0 Å². The third-order valence-corrected chi connectivity index (χ3v) is 11.9. The first-order valence-corrected chi connectivity index (χ1v) is 19.1. The minimum absolute atomic E-state index is 0.116. The number of nitrogens with zero attached hydrogens (tertiary/aromatic N) is 2. The van der Waals surface area contributed by atoms with Gasteiger partial charge in [0.05, 0.1) is 29.6 Å². The molecule has 0 amide bonds. The molecule has 298 valence electrons. The number of Topliss-reactive ketones (excluding diaryl/α,β-unsaturated/α-hetero) is 1. The van der Waals surface area contributed by atoms with Crippen LogP contribution in [0.1, 0.15) is 107 Å². The summed E-state index contributed by atoms with van der Waals surface area (Å²) in [5.41, 5.74) is 3.47. The van der Waals surface area contributed by atoms with Crippen molar-refractivity contribution in [1.82, 2.24) is 4.90 Å². The lowest BCUT2D eigenvalue weighted by atomic mass is 9.74. The van der Waals surface area contributed by atoms with Crippen LogP contribution in [-0.2, 0) is 33.4 Å². The van der Waals surface area contributed by atoms with E-state index in [0.717, 1.165) is 25.7 Å². The number of methoxy groups -OCH3 is 1. The highest BCUT2D eigenvalue weighted by atomic mass is 16.7. The lowest BCUT2D eigenvalue weighted by Crippen LogP contribution is -2.60. The lowest BCUT2D eigenvalue weighted by Gasteiger charge is -2.47. The summed E-state index contributed by atoms with van der Waals surface area (Å²) in [6.07, 6.45) is 3.79. The summed E-state index contributed by atoms with van der Waals surface area (Å²) >= 11 is 0. The molecule has 0 bridgehead atoms. The molecule has 1 aliphatic carbocycles. The Morgan fingerprint density at radius 1 is 1.08 bits per heavy atom. The number of aliphatic hydroxyl groups is 3. The van der Waals surface area contributed by atoms with Crippen molar-refractivity contribution in [3.63, 3.8) is 0 Å². The molecule has 13 atom stereocenters. The molecule has 13 heteroatoms. The Balaban J connectivity index is 2.12. The van der Waals surface area contributed by atoms with Crippen molar-refractivity contribution in [3.8, 4) is 12.3 Å². The molecule has 1 saturated carbocycles. The molecule has 0 aromatic carbocycles. The molecule has 2 heterocycles. The number of carbonyl (C=O) groups is 2. The summed E-state index contributed by atoms with van der Waals surface area (Å²) in [4.78, 5) is 35.9. The van der Waals surface area contributed by atoms with Crippen LogP contribution < -0.4 is 5.73 Å². The smallest absolute Gasteiger partial charge is 0.316 e. The fourth-order valence-corrected chi connectivity index (χ4v) is 8.28. The van der Waals surface area contributed by atoms with Gasteiger partial charge in [0.1, 0.15) is 29.8 Å². The number of terminal acetylenes is 1. The van der Waals surface area contributed by atoms with Gasteiger partial charge >= 0.3 is 5.97 Å². The Bertz CT molecular complexity index is 1250. The quantitative estimate of drug-likeness (QED) is 0.118. The number of ketones is 1. The molecule has 3 rings (SSSR count). The minimum atomic E-state index is -1.90. The zero-order valence-electron chi connectivity index (χ0n) is 33.1. The summed E-state index contributed by atoms with van der Waals surface area (Å²) in [6, 6.07) is -0.218. The maximum absolute atomic E-state index is 14.2. The van der Waals surface area contributed by atoms with Gasteiger partial charge in [-0.2, -0.15) is 0 Å². The summed E-state index contributed by atoms with van der Waals surface area (Å²) in [7, 11) is 3.41. The molecule has 0 unspecified atom stereocenters. The number of nitrogens with two attached hydrogens (primary N) is 1. The second-order valence-corrected chi connectivity index (χ2v) is 16.1. The van der Waals surface area contributed by atoms with Gasteiger partial charge in [0.2, 0.25) is 0 Å². The van der Waals surface area contributed by atoms with Crippen LogP contribution in [0.25, 0.3) is 0 Å². The zero-order valence-corrected chi connectivity index (χ0v) is 33.1. The van der Waals surface area contributed by atoms with Crippen LogP contribution >= 0.6 is 0 Å². The molecule has 0 spiro atoms. The number of cyclic esters (lactones) is 1. The van der Waals surface area contributed by atoms with Crippen LogP contribution in [0.5, 0.6) is 0 Å². The van der Waals surface area contributed by atoms with Crippen LogP contribution in [0.3, 0.4) is 0 Å². The van der Waals surface area contributed by atoms with Crippen LogP contribution in [0, 0.1) is 36.0 Å². The summed E-state index contributed by atoms with van der Waals surface area (Å²) in [5, 5.41) is 39.9. The molecule has 3 aliphatic rings. The fourth-order valence-electron chi connectivity index (χ4n) is 8.28. The standard InChI is InChI=1S/C39H67N3O10/c1-12-14-19-42(10)29-20-23(4)49-37(33(29)44)51-35-25(6)32(43)26(7)36(46)50-30(13-2)39(9,47)34(45)24(5)31(22(3)21-38(35,8)48-11)41-52-28-17-15-27(40)16-18-28/h1,22-30,33-35,37,44-45,47H,13-21,40H2,2-11H3/t22-,23-,24+,25+,26-,27?,28?,29+,30-,33-,34-,35-,37+,38-,39-/m1/s1. The summed E-state index contributed by atoms with van der Waals surface area (Å²) in [5.74, 6) is -2.05. The van der Waals surface area contributed by atoms with Crippen molar-refractivity contribution in [3.05, 3.63) is 0 Å².